The van der Waals surface area contributed by atoms with Crippen molar-refractivity contribution in [1.82, 2.24) is 4.98 Å². The van der Waals surface area contributed by atoms with Crippen LogP contribution in [0.15, 0.2) is 36.7 Å². The van der Waals surface area contributed by atoms with E-state index in [0.717, 1.165) is 30.7 Å². The number of aryl methyl sites for hydroxylation is 2. The first-order valence-corrected chi connectivity index (χ1v) is 10.1. The van der Waals surface area contributed by atoms with Gasteiger partial charge in [0.15, 0.2) is 0 Å². The number of aromatic nitrogens is 1. The predicted octanol–water partition coefficient (Wildman–Crippen LogP) is 4.68. The van der Waals surface area contributed by atoms with Crippen LogP contribution >= 0.6 is 0 Å². The zero-order chi connectivity index (χ0) is 18.8. The molecule has 4 rings (SSSR count). The molecule has 2 aromatic rings. The fraction of sp³-hybridized carbons (Fsp3) is 0.478. The van der Waals surface area contributed by atoms with Crippen LogP contribution in [0.2, 0.25) is 0 Å². The van der Waals surface area contributed by atoms with Gasteiger partial charge in [-0.05, 0) is 91.7 Å². The summed E-state index contributed by atoms with van der Waals surface area (Å²) in [7, 11) is 2.20. The normalized spacial score (nSPS) is 18.8. The van der Waals surface area contributed by atoms with E-state index in [4.69, 9.17) is 0 Å². The number of hydrogen-bond donors (Lipinski definition) is 1. The number of rotatable bonds is 7. The first-order chi connectivity index (χ1) is 13.1. The number of pyridine rings is 1. The molecule has 0 aliphatic heterocycles. The Balaban J connectivity index is 1.47. The van der Waals surface area contributed by atoms with Gasteiger partial charge in [0, 0.05) is 31.7 Å². The van der Waals surface area contributed by atoms with Crippen molar-refractivity contribution in [3.05, 3.63) is 58.9 Å². The fourth-order valence-electron chi connectivity index (χ4n) is 4.40. The van der Waals surface area contributed by atoms with E-state index in [1.54, 1.807) is 18.5 Å². The van der Waals surface area contributed by atoms with Crippen LogP contribution in [-0.4, -0.2) is 29.7 Å². The number of carboxylic acids is 1. The molecule has 0 radical (unpaired) electrons. The molecule has 0 spiro atoms. The zero-order valence-corrected chi connectivity index (χ0v) is 16.0. The van der Waals surface area contributed by atoms with Gasteiger partial charge < -0.3 is 10.0 Å². The van der Waals surface area contributed by atoms with Crippen molar-refractivity contribution < 1.29 is 9.90 Å². The summed E-state index contributed by atoms with van der Waals surface area (Å²) in [6, 6.07) is 8.58. The molecule has 2 aliphatic carbocycles. The van der Waals surface area contributed by atoms with Crippen LogP contribution in [-0.2, 0) is 12.8 Å². The van der Waals surface area contributed by atoms with E-state index >= 15 is 0 Å². The molecule has 1 aromatic heterocycles. The highest BCUT2D eigenvalue weighted by atomic mass is 16.4. The molecule has 27 heavy (non-hydrogen) atoms. The largest absolute Gasteiger partial charge is 0.478 e. The van der Waals surface area contributed by atoms with Crippen LogP contribution in [0.5, 0.6) is 0 Å². The van der Waals surface area contributed by atoms with Gasteiger partial charge in [0.2, 0.25) is 0 Å². The van der Waals surface area contributed by atoms with Gasteiger partial charge >= 0.3 is 5.97 Å². The lowest BCUT2D eigenvalue weighted by Crippen LogP contribution is -2.21. The molecule has 0 saturated heterocycles. The summed E-state index contributed by atoms with van der Waals surface area (Å²) in [5.41, 5.74) is 5.51. The highest BCUT2D eigenvalue weighted by molar-refractivity contribution is 5.89. The molecule has 4 heteroatoms. The molecule has 0 unspecified atom stereocenters. The third-order valence-electron chi connectivity index (χ3n) is 6.13. The monoisotopic (exact) mass is 364 g/mol. The molecule has 0 bridgehead atoms. The summed E-state index contributed by atoms with van der Waals surface area (Å²) in [5.74, 6) is 0.542. The van der Waals surface area contributed by atoms with Crippen LogP contribution in [0, 0.1) is 5.92 Å². The summed E-state index contributed by atoms with van der Waals surface area (Å²) >= 11 is 0. The SMILES string of the molecule is CN(CC1CC1)c1ccc2c(c1)CCC[C@H]2CCc1cnccc1C(=O)O. The third-order valence-corrected chi connectivity index (χ3v) is 6.13. The van der Waals surface area contributed by atoms with E-state index < -0.39 is 5.97 Å². The van der Waals surface area contributed by atoms with Crippen LogP contribution in [0.1, 0.15) is 65.1 Å². The Bertz CT molecular complexity index is 829. The Kier molecular flexibility index (Phi) is 5.15. The van der Waals surface area contributed by atoms with E-state index in [2.05, 4.69) is 35.1 Å². The number of carbonyl (C=O) groups is 1. The topological polar surface area (TPSA) is 53.4 Å². The molecule has 1 N–H and O–H groups in total. The second-order valence-electron chi connectivity index (χ2n) is 8.17. The lowest BCUT2D eigenvalue weighted by atomic mass is 9.79. The number of aromatic carboxylic acids is 1. The lowest BCUT2D eigenvalue weighted by molar-refractivity contribution is 0.0695. The van der Waals surface area contributed by atoms with E-state index in [1.807, 2.05) is 0 Å². The van der Waals surface area contributed by atoms with Crippen LogP contribution < -0.4 is 4.90 Å². The summed E-state index contributed by atoms with van der Waals surface area (Å²) < 4.78 is 0. The minimum Gasteiger partial charge on any atom is -0.478 e. The van der Waals surface area contributed by atoms with E-state index in [-0.39, 0.29) is 0 Å². The lowest BCUT2D eigenvalue weighted by Gasteiger charge is -2.28. The van der Waals surface area contributed by atoms with Gasteiger partial charge in [-0.3, -0.25) is 4.98 Å². The van der Waals surface area contributed by atoms with Crippen molar-refractivity contribution in [1.29, 1.82) is 0 Å². The Morgan fingerprint density at radius 1 is 1.26 bits per heavy atom. The Morgan fingerprint density at radius 3 is 2.89 bits per heavy atom. The van der Waals surface area contributed by atoms with Crippen LogP contribution in [0.25, 0.3) is 0 Å². The number of nitrogens with zero attached hydrogens (tertiary/aromatic N) is 2. The number of hydrogen-bond acceptors (Lipinski definition) is 3. The maximum atomic E-state index is 11.4. The molecule has 1 fully saturated rings. The highest BCUT2D eigenvalue weighted by Crippen LogP contribution is 2.37. The quantitative estimate of drug-likeness (QED) is 0.775. The van der Waals surface area contributed by atoms with Crippen molar-refractivity contribution in [2.24, 2.45) is 5.92 Å². The molecule has 1 atom stereocenters. The molecule has 0 amide bonds. The van der Waals surface area contributed by atoms with Crippen molar-refractivity contribution in [3.63, 3.8) is 0 Å². The molecule has 1 saturated carbocycles. The minimum atomic E-state index is -0.861. The molecular weight excluding hydrogens is 336 g/mol. The number of anilines is 1. The summed E-state index contributed by atoms with van der Waals surface area (Å²) in [6.45, 7) is 1.17. The summed E-state index contributed by atoms with van der Waals surface area (Å²) in [4.78, 5) is 17.9. The standard InChI is InChI=1S/C23H28N2O2/c1-25(15-16-5-6-16)20-9-10-21-17(3-2-4-18(21)13-20)7-8-19-14-24-12-11-22(19)23(26)27/h9-14,16-17H,2-8,15H2,1H3,(H,26,27)/t17-/m0/s1. The number of fused-ring (bicyclic) bond motifs is 1. The third kappa shape index (κ3) is 4.15. The van der Waals surface area contributed by atoms with Crippen molar-refractivity contribution in [2.45, 2.75) is 50.9 Å². The molecule has 1 aromatic carbocycles. The second kappa shape index (κ2) is 7.71. The Labute approximate surface area is 161 Å². The highest BCUT2D eigenvalue weighted by Gasteiger charge is 2.25. The first kappa shape index (κ1) is 18.0. The van der Waals surface area contributed by atoms with Gasteiger partial charge in [-0.2, -0.15) is 0 Å². The van der Waals surface area contributed by atoms with Gasteiger partial charge in [-0.15, -0.1) is 0 Å². The maximum absolute atomic E-state index is 11.4. The molecule has 1 heterocycles. The molecular formula is C23H28N2O2. The van der Waals surface area contributed by atoms with Crippen LogP contribution in [0.4, 0.5) is 5.69 Å². The predicted molar refractivity (Wildman–Crippen MR) is 108 cm³/mol. The smallest absolute Gasteiger partial charge is 0.336 e. The Hall–Kier alpha value is -2.36. The minimum absolute atomic E-state index is 0.387. The van der Waals surface area contributed by atoms with Crippen molar-refractivity contribution in [2.75, 3.05) is 18.5 Å². The van der Waals surface area contributed by atoms with Crippen molar-refractivity contribution in [3.8, 4) is 0 Å². The van der Waals surface area contributed by atoms with Gasteiger partial charge in [0.1, 0.15) is 0 Å². The van der Waals surface area contributed by atoms with E-state index in [1.165, 1.54) is 49.0 Å². The van der Waals surface area contributed by atoms with Gasteiger partial charge in [0.05, 0.1) is 5.56 Å². The van der Waals surface area contributed by atoms with Crippen LogP contribution in [0.3, 0.4) is 0 Å². The average molecular weight is 364 g/mol. The Morgan fingerprint density at radius 2 is 2.11 bits per heavy atom. The van der Waals surface area contributed by atoms with E-state index in [9.17, 15) is 9.90 Å². The van der Waals surface area contributed by atoms with Gasteiger partial charge in [-0.1, -0.05) is 6.07 Å². The first-order valence-electron chi connectivity index (χ1n) is 10.1. The molecule has 142 valence electrons. The van der Waals surface area contributed by atoms with Gasteiger partial charge in [0.25, 0.3) is 0 Å². The number of benzene rings is 1. The summed E-state index contributed by atoms with van der Waals surface area (Å²) in [5, 5.41) is 9.38. The van der Waals surface area contributed by atoms with Crippen molar-refractivity contribution >= 4 is 11.7 Å². The number of carboxylic acid groups (broad SMARTS) is 1. The molecule has 2 aliphatic rings. The second-order valence-corrected chi connectivity index (χ2v) is 8.17. The zero-order valence-electron chi connectivity index (χ0n) is 16.0. The fourth-order valence-corrected chi connectivity index (χ4v) is 4.40. The maximum Gasteiger partial charge on any atom is 0.336 e. The summed E-state index contributed by atoms with van der Waals surface area (Å²) in [6.07, 6.45) is 11.3. The molecule has 4 nitrogen and oxygen atoms in total. The average Bonchev–Trinajstić information content (AvgIpc) is 3.50. The van der Waals surface area contributed by atoms with E-state index in [0.29, 0.717) is 11.5 Å². The van der Waals surface area contributed by atoms with Gasteiger partial charge in [-0.25, -0.2) is 4.79 Å².